The highest BCUT2D eigenvalue weighted by Gasteiger charge is 2.15. The molecule has 0 bridgehead atoms. The van der Waals surface area contributed by atoms with Crippen LogP contribution in [0.3, 0.4) is 0 Å². The average molecular weight is 302 g/mol. The number of hydrogen-bond acceptors (Lipinski definition) is 6. The van der Waals surface area contributed by atoms with Gasteiger partial charge in [0, 0.05) is 37.1 Å². The van der Waals surface area contributed by atoms with Crippen LogP contribution in [0.25, 0.3) is 10.1 Å². The SMILES string of the molecule is Nc1c(C(=O)NCCCn2ccnn2)sc2cnccc12. The first kappa shape index (κ1) is 13.5. The van der Waals surface area contributed by atoms with Gasteiger partial charge in [-0.3, -0.25) is 14.5 Å². The van der Waals surface area contributed by atoms with E-state index < -0.39 is 0 Å². The van der Waals surface area contributed by atoms with Crippen molar-refractivity contribution in [2.45, 2.75) is 13.0 Å². The number of nitrogens with one attached hydrogen (secondary N) is 1. The minimum Gasteiger partial charge on any atom is -0.397 e. The third-order valence-corrected chi connectivity index (χ3v) is 4.21. The Kier molecular flexibility index (Phi) is 3.78. The van der Waals surface area contributed by atoms with Crippen LogP contribution >= 0.6 is 11.3 Å². The lowest BCUT2D eigenvalue weighted by atomic mass is 10.2. The van der Waals surface area contributed by atoms with E-state index in [1.807, 2.05) is 6.07 Å². The summed E-state index contributed by atoms with van der Waals surface area (Å²) in [6.07, 6.45) is 7.59. The van der Waals surface area contributed by atoms with Crippen LogP contribution in [0.15, 0.2) is 30.9 Å². The third kappa shape index (κ3) is 2.84. The number of fused-ring (bicyclic) bond motifs is 1. The molecule has 21 heavy (non-hydrogen) atoms. The van der Waals surface area contributed by atoms with Gasteiger partial charge in [0.15, 0.2) is 0 Å². The lowest BCUT2D eigenvalue weighted by Crippen LogP contribution is -2.25. The molecule has 0 spiro atoms. The number of pyridine rings is 1. The van der Waals surface area contributed by atoms with E-state index >= 15 is 0 Å². The number of anilines is 1. The summed E-state index contributed by atoms with van der Waals surface area (Å²) in [5.41, 5.74) is 6.54. The van der Waals surface area contributed by atoms with E-state index in [9.17, 15) is 4.79 Å². The molecule has 0 aliphatic carbocycles. The third-order valence-electron chi connectivity index (χ3n) is 3.06. The van der Waals surface area contributed by atoms with Crippen LogP contribution in [0.5, 0.6) is 0 Å². The molecule has 0 aliphatic heterocycles. The first-order valence-electron chi connectivity index (χ1n) is 6.50. The summed E-state index contributed by atoms with van der Waals surface area (Å²) >= 11 is 1.36. The van der Waals surface area contributed by atoms with Crippen molar-refractivity contribution in [1.82, 2.24) is 25.3 Å². The molecule has 3 N–H and O–H groups in total. The highest BCUT2D eigenvalue weighted by atomic mass is 32.1. The first-order valence-corrected chi connectivity index (χ1v) is 7.31. The molecular formula is C13H14N6OS. The van der Waals surface area contributed by atoms with E-state index in [1.54, 1.807) is 29.5 Å². The van der Waals surface area contributed by atoms with Gasteiger partial charge in [-0.25, -0.2) is 0 Å². The van der Waals surface area contributed by atoms with Gasteiger partial charge in [-0.1, -0.05) is 5.21 Å². The summed E-state index contributed by atoms with van der Waals surface area (Å²) in [4.78, 5) is 16.7. The Labute approximate surface area is 124 Å². The van der Waals surface area contributed by atoms with Crippen LogP contribution in [0.1, 0.15) is 16.1 Å². The van der Waals surface area contributed by atoms with Gasteiger partial charge in [0.25, 0.3) is 5.91 Å². The molecular weight excluding hydrogens is 288 g/mol. The van der Waals surface area contributed by atoms with Crippen molar-refractivity contribution in [3.8, 4) is 0 Å². The molecule has 7 nitrogen and oxygen atoms in total. The highest BCUT2D eigenvalue weighted by Crippen LogP contribution is 2.32. The number of carbonyl (C=O) groups is 1. The van der Waals surface area contributed by atoms with Gasteiger partial charge in [-0.2, -0.15) is 0 Å². The summed E-state index contributed by atoms with van der Waals surface area (Å²) in [6, 6.07) is 1.82. The standard InChI is InChI=1S/C13H14N6OS/c14-11-9-2-4-15-8-10(9)21-12(11)13(20)16-3-1-6-19-7-5-17-18-19/h2,4-5,7-8H,1,3,6,14H2,(H,16,20). The largest absolute Gasteiger partial charge is 0.397 e. The number of nitrogens with zero attached hydrogens (tertiary/aromatic N) is 4. The fourth-order valence-corrected chi connectivity index (χ4v) is 3.02. The van der Waals surface area contributed by atoms with Gasteiger partial charge in [0.1, 0.15) is 4.88 Å². The molecule has 0 atom stereocenters. The minimum atomic E-state index is -0.146. The fourth-order valence-electron chi connectivity index (χ4n) is 2.01. The number of nitrogen functional groups attached to an aromatic ring is 1. The number of carbonyl (C=O) groups excluding carboxylic acids is 1. The Morgan fingerprint density at radius 1 is 1.43 bits per heavy atom. The van der Waals surface area contributed by atoms with Crippen LogP contribution in [-0.4, -0.2) is 32.4 Å². The molecule has 108 valence electrons. The minimum absolute atomic E-state index is 0.146. The van der Waals surface area contributed by atoms with Gasteiger partial charge in [-0.15, -0.1) is 16.4 Å². The number of aromatic nitrogens is 4. The number of hydrogen-bond donors (Lipinski definition) is 2. The lowest BCUT2D eigenvalue weighted by molar-refractivity contribution is 0.0957. The zero-order chi connectivity index (χ0) is 14.7. The van der Waals surface area contributed by atoms with Gasteiger partial charge in [-0.05, 0) is 12.5 Å². The Bertz CT molecular complexity index is 751. The topological polar surface area (TPSA) is 98.7 Å². The zero-order valence-electron chi connectivity index (χ0n) is 11.2. The van der Waals surface area contributed by atoms with Crippen molar-refractivity contribution in [3.05, 3.63) is 35.7 Å². The number of thiophene rings is 1. The summed E-state index contributed by atoms with van der Waals surface area (Å²) in [6.45, 7) is 1.27. The molecule has 0 aromatic carbocycles. The maximum absolute atomic E-state index is 12.2. The highest BCUT2D eigenvalue weighted by molar-refractivity contribution is 7.21. The van der Waals surface area contributed by atoms with E-state index in [-0.39, 0.29) is 5.91 Å². The monoisotopic (exact) mass is 302 g/mol. The molecule has 0 radical (unpaired) electrons. The summed E-state index contributed by atoms with van der Waals surface area (Å²) in [7, 11) is 0. The second-order valence-corrected chi connectivity index (χ2v) is 5.54. The summed E-state index contributed by atoms with van der Waals surface area (Å²) in [5.74, 6) is -0.146. The van der Waals surface area contributed by atoms with Gasteiger partial charge >= 0.3 is 0 Å². The van der Waals surface area contributed by atoms with Crippen LogP contribution in [0, 0.1) is 0 Å². The maximum atomic E-state index is 12.2. The quantitative estimate of drug-likeness (QED) is 0.692. The number of rotatable bonds is 5. The molecule has 0 aliphatic rings. The van der Waals surface area contributed by atoms with Crippen molar-refractivity contribution in [2.24, 2.45) is 0 Å². The van der Waals surface area contributed by atoms with E-state index in [2.05, 4.69) is 20.6 Å². The molecule has 0 saturated carbocycles. The Balaban J connectivity index is 1.60. The van der Waals surface area contributed by atoms with Crippen LogP contribution < -0.4 is 11.1 Å². The number of aryl methyl sites for hydroxylation is 1. The van der Waals surface area contributed by atoms with E-state index in [0.29, 0.717) is 23.7 Å². The van der Waals surface area contributed by atoms with E-state index in [0.717, 1.165) is 16.5 Å². The molecule has 1 amide bonds. The van der Waals surface area contributed by atoms with Crippen LogP contribution in [-0.2, 0) is 6.54 Å². The smallest absolute Gasteiger partial charge is 0.263 e. The molecule has 8 heteroatoms. The molecule has 0 fully saturated rings. The molecule has 0 saturated heterocycles. The second-order valence-electron chi connectivity index (χ2n) is 4.49. The van der Waals surface area contributed by atoms with Crippen molar-refractivity contribution >= 4 is 33.0 Å². The van der Waals surface area contributed by atoms with Gasteiger partial charge in [0.05, 0.1) is 16.6 Å². The van der Waals surface area contributed by atoms with Crippen molar-refractivity contribution in [2.75, 3.05) is 12.3 Å². The van der Waals surface area contributed by atoms with Crippen LogP contribution in [0.4, 0.5) is 5.69 Å². The summed E-state index contributed by atoms with van der Waals surface area (Å²) in [5, 5.41) is 11.3. The molecule has 3 aromatic heterocycles. The molecule has 3 heterocycles. The molecule has 3 aromatic rings. The van der Waals surface area contributed by atoms with E-state index in [4.69, 9.17) is 5.73 Å². The Morgan fingerprint density at radius 2 is 2.33 bits per heavy atom. The lowest BCUT2D eigenvalue weighted by Gasteiger charge is -2.04. The second kappa shape index (κ2) is 5.88. The predicted octanol–water partition coefficient (Wildman–Crippen LogP) is 1.29. The maximum Gasteiger partial charge on any atom is 0.263 e. The normalized spacial score (nSPS) is 10.9. The predicted molar refractivity (Wildman–Crippen MR) is 81.0 cm³/mol. The van der Waals surface area contributed by atoms with Gasteiger partial charge in [0.2, 0.25) is 0 Å². The first-order chi connectivity index (χ1) is 10.3. The fraction of sp³-hybridized carbons (Fsp3) is 0.231. The van der Waals surface area contributed by atoms with E-state index in [1.165, 1.54) is 11.3 Å². The van der Waals surface area contributed by atoms with Gasteiger partial charge < -0.3 is 11.1 Å². The number of amides is 1. The Morgan fingerprint density at radius 3 is 3.10 bits per heavy atom. The van der Waals surface area contributed by atoms with Crippen molar-refractivity contribution < 1.29 is 4.79 Å². The van der Waals surface area contributed by atoms with Crippen molar-refractivity contribution in [3.63, 3.8) is 0 Å². The summed E-state index contributed by atoms with van der Waals surface area (Å²) < 4.78 is 2.65. The molecule has 0 unspecified atom stereocenters. The van der Waals surface area contributed by atoms with Crippen molar-refractivity contribution in [1.29, 1.82) is 0 Å². The number of nitrogens with two attached hydrogens (primary N) is 1. The zero-order valence-corrected chi connectivity index (χ0v) is 12.0. The Hall–Kier alpha value is -2.48. The van der Waals surface area contributed by atoms with Crippen LogP contribution in [0.2, 0.25) is 0 Å². The molecule has 3 rings (SSSR count). The average Bonchev–Trinajstić information content (AvgIpc) is 3.12.